The first-order valence-corrected chi connectivity index (χ1v) is 21.6. The highest BCUT2D eigenvalue weighted by atomic mass is 32.2. The van der Waals surface area contributed by atoms with Crippen molar-refractivity contribution in [1.29, 1.82) is 0 Å². The molecule has 0 unspecified atom stereocenters. The van der Waals surface area contributed by atoms with Crippen LogP contribution >= 0.6 is 0 Å². The second kappa shape index (κ2) is 16.0. The van der Waals surface area contributed by atoms with E-state index in [1.165, 1.54) is 34.9 Å². The highest BCUT2D eigenvalue weighted by molar-refractivity contribution is 7.86. The van der Waals surface area contributed by atoms with Crippen molar-refractivity contribution >= 4 is 77.5 Å². The summed E-state index contributed by atoms with van der Waals surface area (Å²) in [5, 5.41) is 9.46. The van der Waals surface area contributed by atoms with Gasteiger partial charge in [0.25, 0.3) is 25.8 Å². The fourth-order valence-corrected chi connectivity index (χ4v) is 8.40. The van der Waals surface area contributed by atoms with Gasteiger partial charge in [-0.1, -0.05) is 37.6 Å². The number of fused-ring (bicyclic) bond motifs is 2. The van der Waals surface area contributed by atoms with Crippen molar-refractivity contribution in [1.82, 2.24) is 19.5 Å². The molecule has 1 aliphatic carbocycles. The molecule has 18 nitrogen and oxygen atoms in total. The molecule has 0 amide bonds. The number of ketones is 1. The van der Waals surface area contributed by atoms with E-state index in [9.17, 15) is 35.5 Å². The second-order valence-corrected chi connectivity index (χ2v) is 16.8. The summed E-state index contributed by atoms with van der Waals surface area (Å²) < 4.78 is 83.5. The highest BCUT2D eigenvalue weighted by Crippen LogP contribution is 2.43. The first-order valence-electron chi connectivity index (χ1n) is 18.8. The number of anilines is 7. The minimum atomic E-state index is -4.83. The lowest BCUT2D eigenvalue weighted by Crippen LogP contribution is -2.37. The maximum atomic E-state index is 14.2. The molecule has 0 bridgehead atoms. The quantitative estimate of drug-likeness (QED) is 0.0692. The van der Waals surface area contributed by atoms with Gasteiger partial charge in [-0.2, -0.15) is 31.8 Å². The van der Waals surface area contributed by atoms with E-state index < -0.39 is 30.0 Å². The molecule has 3 heterocycles. The van der Waals surface area contributed by atoms with Crippen LogP contribution in [0.2, 0.25) is 0 Å². The molecule has 0 radical (unpaired) electrons. The number of unbranched alkanes of at least 4 members (excludes halogenated alkanes) is 1. The normalized spacial score (nSPS) is 13.9. The van der Waals surface area contributed by atoms with E-state index in [-0.39, 0.29) is 63.3 Å². The molecule has 6 aromatic rings. The number of nitrogens with one attached hydrogen (secondary N) is 3. The first kappa shape index (κ1) is 40.3. The zero-order valence-corrected chi connectivity index (χ0v) is 33.8. The number of hydrogen-bond donors (Lipinski definition) is 5. The van der Waals surface area contributed by atoms with E-state index in [1.54, 1.807) is 49.5 Å². The number of hydrogen-bond acceptors (Lipinski definition) is 15. The first-order chi connectivity index (χ1) is 28.7. The zero-order valence-electron chi connectivity index (χ0n) is 32.2. The predicted molar refractivity (Wildman–Crippen MR) is 224 cm³/mol. The van der Waals surface area contributed by atoms with E-state index in [1.807, 2.05) is 11.8 Å². The summed E-state index contributed by atoms with van der Waals surface area (Å²) in [6.45, 7) is 3.96. The molecule has 8 rings (SSSR count). The summed E-state index contributed by atoms with van der Waals surface area (Å²) in [5.41, 5.74) is 2.18. The Hall–Kier alpha value is -6.45. The van der Waals surface area contributed by atoms with E-state index >= 15 is 0 Å². The number of morpholine rings is 1. The summed E-state index contributed by atoms with van der Waals surface area (Å²) in [6, 6.07) is 19.6. The lowest BCUT2D eigenvalue weighted by molar-refractivity contribution is 0.104. The molecule has 4 aromatic carbocycles. The van der Waals surface area contributed by atoms with E-state index in [0.29, 0.717) is 60.5 Å². The molecule has 0 spiro atoms. The smallest absolute Gasteiger partial charge is 0.296 e. The topological polar surface area (TPSA) is 244 Å². The minimum Gasteiger partial charge on any atom is -0.494 e. The fourth-order valence-electron chi connectivity index (χ4n) is 7.11. The van der Waals surface area contributed by atoms with E-state index in [4.69, 9.17) is 9.47 Å². The summed E-state index contributed by atoms with van der Waals surface area (Å²) in [7, 11) is -7.99. The minimum absolute atomic E-state index is 0.0471. The van der Waals surface area contributed by atoms with Crippen molar-refractivity contribution in [3.63, 3.8) is 0 Å². The van der Waals surface area contributed by atoms with Crippen LogP contribution in [0.25, 0.3) is 22.0 Å². The summed E-state index contributed by atoms with van der Waals surface area (Å²) in [6.07, 6.45) is 1.60. The van der Waals surface area contributed by atoms with Crippen LogP contribution in [0.15, 0.2) is 93.4 Å². The average Bonchev–Trinajstić information content (AvgIpc) is 3.21. The van der Waals surface area contributed by atoms with E-state index in [0.717, 1.165) is 18.9 Å². The molecule has 0 atom stereocenters. The number of carbonyl (C=O) groups excluding carboxylic acids is 1. The van der Waals surface area contributed by atoms with Crippen LogP contribution in [0.1, 0.15) is 35.7 Å². The SMILES string of the molecule is CCCCOc1ccc(Nc2nc(Nc3ccc(S(=O)(=O)O)c(Nc4ccc5c6c(cc(=O)n5C)-c5ccccc5C(=O)c46)c3)nc(N3CCOCC3)n2)c(S(=O)(=O)O)c1. The van der Waals surface area contributed by atoms with Crippen LogP contribution in [0.4, 0.5) is 40.6 Å². The Labute approximate surface area is 343 Å². The van der Waals surface area contributed by atoms with Crippen LogP contribution < -0.4 is 31.1 Å². The molecular weight excluding hydrogens is 817 g/mol. The molecule has 5 N–H and O–H groups in total. The third kappa shape index (κ3) is 7.97. The third-order valence-corrected chi connectivity index (χ3v) is 11.9. The third-order valence-electron chi connectivity index (χ3n) is 10.0. The van der Waals surface area contributed by atoms with Crippen molar-refractivity contribution in [3.8, 4) is 16.9 Å². The predicted octanol–water partition coefficient (Wildman–Crippen LogP) is 5.67. The number of ether oxygens (including phenoxy) is 2. The molecule has 1 saturated heterocycles. The molecule has 2 aromatic heterocycles. The molecular formula is C40H38N8O10S2. The maximum absolute atomic E-state index is 14.2. The van der Waals surface area contributed by atoms with Crippen molar-refractivity contribution < 1.29 is 40.2 Å². The van der Waals surface area contributed by atoms with E-state index in [2.05, 4.69) is 30.9 Å². The van der Waals surface area contributed by atoms with Crippen molar-refractivity contribution in [2.24, 2.45) is 7.05 Å². The highest BCUT2D eigenvalue weighted by Gasteiger charge is 2.30. The Morgan fingerprint density at radius 3 is 2.17 bits per heavy atom. The van der Waals surface area contributed by atoms with Crippen LogP contribution in [0.5, 0.6) is 5.75 Å². The van der Waals surface area contributed by atoms with Gasteiger partial charge in [0.05, 0.1) is 48.0 Å². The van der Waals surface area contributed by atoms with Gasteiger partial charge in [0.15, 0.2) is 5.78 Å². The van der Waals surface area contributed by atoms with Gasteiger partial charge < -0.3 is 34.9 Å². The van der Waals surface area contributed by atoms with Crippen molar-refractivity contribution in [2.75, 3.05) is 53.8 Å². The van der Waals surface area contributed by atoms with Crippen LogP contribution in [0.3, 0.4) is 0 Å². The summed E-state index contributed by atoms with van der Waals surface area (Å²) >= 11 is 0. The average molecular weight is 855 g/mol. The van der Waals surface area contributed by atoms with Gasteiger partial charge in [-0.05, 0) is 60.0 Å². The van der Waals surface area contributed by atoms with Gasteiger partial charge in [0.1, 0.15) is 15.5 Å². The molecule has 1 aliphatic heterocycles. The molecule has 0 saturated carbocycles. The van der Waals surface area contributed by atoms with Crippen molar-refractivity contribution in [3.05, 3.63) is 100 Å². The number of rotatable bonds is 13. The number of nitrogens with zero attached hydrogens (tertiary/aromatic N) is 5. The number of aryl methyl sites for hydroxylation is 1. The fraction of sp³-hybridized carbons (Fsp3) is 0.225. The monoisotopic (exact) mass is 854 g/mol. The molecule has 20 heteroatoms. The lowest BCUT2D eigenvalue weighted by Gasteiger charge is -2.27. The standard InChI is InChI=1S/C40H38N8O10S2/c1-3-4-17-58-24-10-11-28(33(21-24)60(54,55)56)43-39-44-38(45-40(46-39)48-15-18-57-19-16-48)41-23-9-14-32(59(51,52)53)30(20-23)42-29-12-13-31-35-27(22-34(49)47(31)2)25-7-5-6-8-26(25)37(50)36(29)35/h5-14,20-22,42H,3-4,15-19H2,1-2H3,(H,51,52,53)(H,54,55,56)(H2,41,43,44,45,46). The van der Waals surface area contributed by atoms with Gasteiger partial charge in [0, 0.05) is 48.9 Å². The van der Waals surface area contributed by atoms with Gasteiger partial charge in [0.2, 0.25) is 17.8 Å². The Morgan fingerprint density at radius 2 is 1.45 bits per heavy atom. The summed E-state index contributed by atoms with van der Waals surface area (Å²) in [4.78, 5) is 41.6. The number of benzene rings is 4. The lowest BCUT2D eigenvalue weighted by atomic mass is 9.83. The largest absolute Gasteiger partial charge is 0.494 e. The summed E-state index contributed by atoms with van der Waals surface area (Å²) in [5.74, 6) is -0.0847. The number of carbonyl (C=O) groups is 1. The van der Waals surface area contributed by atoms with Crippen LogP contribution in [-0.2, 0) is 32.0 Å². The number of pyridine rings is 1. The Bertz CT molecular complexity index is 2990. The van der Waals surface area contributed by atoms with Crippen LogP contribution in [-0.4, -0.2) is 84.2 Å². The number of aromatic nitrogens is 4. The van der Waals surface area contributed by atoms with Gasteiger partial charge in [-0.25, -0.2) is 0 Å². The van der Waals surface area contributed by atoms with Gasteiger partial charge >= 0.3 is 0 Å². The Balaban J connectivity index is 1.19. The molecule has 2 aliphatic rings. The Morgan fingerprint density at radius 1 is 0.750 bits per heavy atom. The Kier molecular flexibility index (Phi) is 10.7. The zero-order chi connectivity index (χ0) is 42.3. The van der Waals surface area contributed by atoms with Crippen molar-refractivity contribution in [2.45, 2.75) is 29.6 Å². The van der Waals surface area contributed by atoms with Gasteiger partial charge in [-0.15, -0.1) is 0 Å². The molecule has 60 heavy (non-hydrogen) atoms. The second-order valence-electron chi connectivity index (χ2n) is 14.0. The van der Waals surface area contributed by atoms with Crippen LogP contribution in [0, 0.1) is 0 Å². The molecule has 1 fully saturated rings. The molecule has 310 valence electrons. The maximum Gasteiger partial charge on any atom is 0.296 e. The van der Waals surface area contributed by atoms with Gasteiger partial charge in [-0.3, -0.25) is 18.7 Å².